The lowest BCUT2D eigenvalue weighted by Gasteiger charge is -2.03. The number of thiophene rings is 1. The quantitative estimate of drug-likeness (QED) is 0.719. The zero-order chi connectivity index (χ0) is 13.5. The largest absolute Gasteiger partial charge is 0.351 e. The fourth-order valence-electron chi connectivity index (χ4n) is 2.54. The third kappa shape index (κ3) is 4.62. The smallest absolute Gasteiger partial charge is 0.220 e. The van der Waals surface area contributed by atoms with E-state index < -0.39 is 0 Å². The van der Waals surface area contributed by atoms with Crippen molar-refractivity contribution in [3.05, 3.63) is 21.4 Å². The Labute approximate surface area is 119 Å². The number of nitrogens with one attached hydrogen (secondary N) is 1. The van der Waals surface area contributed by atoms with Gasteiger partial charge in [0.2, 0.25) is 5.91 Å². The van der Waals surface area contributed by atoms with Gasteiger partial charge in [-0.25, -0.2) is 0 Å². The third-order valence-corrected chi connectivity index (χ3v) is 4.85. The van der Waals surface area contributed by atoms with Crippen LogP contribution in [0.3, 0.4) is 0 Å². The number of carbonyl (C=O) groups excluding carboxylic acids is 1. The van der Waals surface area contributed by atoms with Crippen LogP contribution in [-0.2, 0) is 24.2 Å². The van der Waals surface area contributed by atoms with Crippen LogP contribution in [0.15, 0.2) is 6.07 Å². The number of unbranched alkanes of at least 4 members (excludes halogenated alkanes) is 3. The van der Waals surface area contributed by atoms with Gasteiger partial charge >= 0.3 is 0 Å². The van der Waals surface area contributed by atoms with Crippen LogP contribution < -0.4 is 11.1 Å². The second-order valence-corrected chi connectivity index (χ2v) is 6.47. The summed E-state index contributed by atoms with van der Waals surface area (Å²) in [6.45, 7) is 1.47. The molecule has 2 rings (SSSR count). The van der Waals surface area contributed by atoms with Crippen molar-refractivity contribution < 1.29 is 4.79 Å². The van der Waals surface area contributed by atoms with Crippen molar-refractivity contribution in [1.29, 1.82) is 0 Å². The molecule has 0 unspecified atom stereocenters. The van der Waals surface area contributed by atoms with Crippen molar-refractivity contribution in [3.8, 4) is 0 Å². The topological polar surface area (TPSA) is 55.1 Å². The maximum Gasteiger partial charge on any atom is 0.220 e. The summed E-state index contributed by atoms with van der Waals surface area (Å²) >= 11 is 1.87. The fourth-order valence-corrected chi connectivity index (χ4v) is 3.74. The van der Waals surface area contributed by atoms with E-state index in [4.69, 9.17) is 5.73 Å². The average Bonchev–Trinajstić information content (AvgIpc) is 2.96. The molecule has 1 aromatic rings. The molecular weight excluding hydrogens is 256 g/mol. The van der Waals surface area contributed by atoms with E-state index in [1.807, 2.05) is 11.3 Å². The van der Waals surface area contributed by atoms with E-state index in [0.29, 0.717) is 13.0 Å². The van der Waals surface area contributed by atoms with Gasteiger partial charge < -0.3 is 11.1 Å². The third-order valence-electron chi connectivity index (χ3n) is 3.62. The first-order valence-electron chi connectivity index (χ1n) is 7.37. The maximum atomic E-state index is 11.7. The summed E-state index contributed by atoms with van der Waals surface area (Å²) in [5.74, 6) is 0.182. The molecule has 1 aromatic heterocycles. The Bertz CT molecular complexity index is 393. The minimum atomic E-state index is 0.182. The molecule has 4 heteroatoms. The maximum absolute atomic E-state index is 11.7. The molecule has 0 saturated heterocycles. The van der Waals surface area contributed by atoms with Crippen molar-refractivity contribution >= 4 is 17.2 Å². The van der Waals surface area contributed by atoms with Gasteiger partial charge in [-0.15, -0.1) is 11.3 Å². The highest BCUT2D eigenvalue weighted by Gasteiger charge is 2.14. The van der Waals surface area contributed by atoms with Crippen LogP contribution in [0.2, 0.25) is 0 Å². The lowest BCUT2D eigenvalue weighted by molar-refractivity contribution is -0.121. The second-order valence-electron chi connectivity index (χ2n) is 5.24. The molecule has 3 nitrogen and oxygen atoms in total. The Morgan fingerprint density at radius 2 is 2.11 bits per heavy atom. The summed E-state index contributed by atoms with van der Waals surface area (Å²) in [5.41, 5.74) is 6.95. The van der Waals surface area contributed by atoms with E-state index in [2.05, 4.69) is 11.4 Å². The van der Waals surface area contributed by atoms with Crippen molar-refractivity contribution in [3.63, 3.8) is 0 Å². The monoisotopic (exact) mass is 280 g/mol. The average molecular weight is 280 g/mol. The fraction of sp³-hybridized carbons (Fsp3) is 0.667. The number of nitrogens with two attached hydrogens (primary N) is 1. The molecule has 0 bridgehead atoms. The lowest BCUT2D eigenvalue weighted by atomic mass is 10.1. The predicted octanol–water partition coefficient (Wildman–Crippen LogP) is 2.76. The van der Waals surface area contributed by atoms with Gasteiger partial charge in [0.25, 0.3) is 0 Å². The molecule has 0 aromatic carbocycles. The van der Waals surface area contributed by atoms with E-state index in [0.717, 1.165) is 32.2 Å². The zero-order valence-electron chi connectivity index (χ0n) is 11.5. The summed E-state index contributed by atoms with van der Waals surface area (Å²) in [6.07, 6.45) is 8.71. The Balaban J connectivity index is 1.60. The zero-order valence-corrected chi connectivity index (χ0v) is 12.4. The van der Waals surface area contributed by atoms with Crippen LogP contribution in [-0.4, -0.2) is 12.5 Å². The van der Waals surface area contributed by atoms with Crippen molar-refractivity contribution in [2.75, 3.05) is 6.54 Å². The van der Waals surface area contributed by atoms with Gasteiger partial charge in [0, 0.05) is 16.2 Å². The first kappa shape index (κ1) is 14.5. The summed E-state index contributed by atoms with van der Waals surface area (Å²) in [4.78, 5) is 14.5. The molecule has 106 valence electrons. The van der Waals surface area contributed by atoms with Gasteiger partial charge in [-0.1, -0.05) is 12.8 Å². The van der Waals surface area contributed by atoms with E-state index in [9.17, 15) is 4.79 Å². The standard InChI is InChI=1S/C15H24N2OS/c16-9-4-2-1-3-8-15(18)17-11-13-10-12-6-5-7-14(12)19-13/h10H,1-9,11,16H2,(H,17,18). The number of amides is 1. The van der Waals surface area contributed by atoms with E-state index in [-0.39, 0.29) is 5.91 Å². The van der Waals surface area contributed by atoms with Crippen LogP contribution in [0.1, 0.15) is 53.8 Å². The molecular formula is C15H24N2OS. The van der Waals surface area contributed by atoms with Gasteiger partial charge in [0.05, 0.1) is 6.54 Å². The Morgan fingerprint density at radius 3 is 2.89 bits per heavy atom. The highest BCUT2D eigenvalue weighted by atomic mass is 32.1. The summed E-state index contributed by atoms with van der Waals surface area (Å²) in [7, 11) is 0. The van der Waals surface area contributed by atoms with Crippen molar-refractivity contribution in [2.24, 2.45) is 5.73 Å². The SMILES string of the molecule is NCCCCCCC(=O)NCc1cc2c(s1)CCC2. The molecule has 3 N–H and O–H groups in total. The van der Waals surface area contributed by atoms with Crippen molar-refractivity contribution in [1.82, 2.24) is 5.32 Å². The van der Waals surface area contributed by atoms with Gasteiger partial charge in [-0.3, -0.25) is 4.79 Å². The molecule has 0 radical (unpaired) electrons. The normalized spacial score (nSPS) is 13.5. The number of aryl methyl sites for hydroxylation is 2. The molecule has 0 fully saturated rings. The van der Waals surface area contributed by atoms with Crippen molar-refractivity contribution in [2.45, 2.75) is 57.9 Å². The summed E-state index contributed by atoms with van der Waals surface area (Å²) in [6, 6.07) is 2.27. The molecule has 0 atom stereocenters. The molecule has 1 heterocycles. The molecule has 1 aliphatic carbocycles. The Hall–Kier alpha value is -0.870. The molecule has 1 aliphatic rings. The highest BCUT2D eigenvalue weighted by molar-refractivity contribution is 7.12. The Kier molecular flexibility index (Phi) is 5.86. The second kappa shape index (κ2) is 7.65. The number of carbonyl (C=O) groups is 1. The minimum Gasteiger partial charge on any atom is -0.351 e. The number of hydrogen-bond donors (Lipinski definition) is 2. The summed E-state index contributed by atoms with van der Waals surface area (Å²) in [5, 5.41) is 3.03. The number of fused-ring (bicyclic) bond motifs is 1. The van der Waals surface area contributed by atoms with Gasteiger partial charge in [-0.2, -0.15) is 0 Å². The van der Waals surface area contributed by atoms with Crippen LogP contribution in [0, 0.1) is 0 Å². The van der Waals surface area contributed by atoms with Crippen LogP contribution in [0.5, 0.6) is 0 Å². The molecule has 1 amide bonds. The number of rotatable bonds is 8. The Morgan fingerprint density at radius 1 is 1.26 bits per heavy atom. The minimum absolute atomic E-state index is 0.182. The van der Waals surface area contributed by atoms with Gasteiger partial charge in [0.1, 0.15) is 0 Å². The van der Waals surface area contributed by atoms with Gasteiger partial charge in [-0.05, 0) is 50.3 Å². The summed E-state index contributed by atoms with van der Waals surface area (Å²) < 4.78 is 0. The van der Waals surface area contributed by atoms with Crippen LogP contribution in [0.25, 0.3) is 0 Å². The molecule has 0 spiro atoms. The van der Waals surface area contributed by atoms with Crippen LogP contribution >= 0.6 is 11.3 Å². The molecule has 0 saturated carbocycles. The molecule has 0 aliphatic heterocycles. The number of hydrogen-bond acceptors (Lipinski definition) is 3. The molecule has 19 heavy (non-hydrogen) atoms. The first-order valence-corrected chi connectivity index (χ1v) is 8.18. The lowest BCUT2D eigenvalue weighted by Crippen LogP contribution is -2.21. The predicted molar refractivity (Wildman–Crippen MR) is 80.3 cm³/mol. The van der Waals surface area contributed by atoms with Gasteiger partial charge in [0.15, 0.2) is 0 Å². The highest BCUT2D eigenvalue weighted by Crippen LogP contribution is 2.30. The van der Waals surface area contributed by atoms with E-state index >= 15 is 0 Å². The van der Waals surface area contributed by atoms with E-state index in [1.54, 1.807) is 0 Å². The van der Waals surface area contributed by atoms with E-state index in [1.165, 1.54) is 34.6 Å². The van der Waals surface area contributed by atoms with Crippen LogP contribution in [0.4, 0.5) is 0 Å². The first-order chi connectivity index (χ1) is 9.29.